The number of benzene rings is 1. The molecule has 2 aromatic rings. The summed E-state index contributed by atoms with van der Waals surface area (Å²) in [5, 5.41) is 2.15. The van der Waals surface area contributed by atoms with Gasteiger partial charge in [-0.2, -0.15) is 13.2 Å². The van der Waals surface area contributed by atoms with Crippen molar-refractivity contribution in [3.05, 3.63) is 40.9 Å². The van der Waals surface area contributed by atoms with Crippen LogP contribution in [0.4, 0.5) is 13.2 Å². The van der Waals surface area contributed by atoms with Crippen LogP contribution in [0.25, 0.3) is 10.6 Å². The van der Waals surface area contributed by atoms with Crippen molar-refractivity contribution in [2.24, 2.45) is 0 Å². The molecule has 0 spiro atoms. The van der Waals surface area contributed by atoms with Crippen LogP contribution in [-0.4, -0.2) is 4.98 Å². The summed E-state index contributed by atoms with van der Waals surface area (Å²) in [4.78, 5) is 4.07. The molecule has 1 aromatic heterocycles. The zero-order chi connectivity index (χ0) is 11.8. The highest BCUT2D eigenvalue weighted by atomic mass is 32.1. The second-order valence-electron chi connectivity index (χ2n) is 3.34. The van der Waals surface area contributed by atoms with Crippen LogP contribution in [0.3, 0.4) is 0 Å². The number of thiazole rings is 1. The van der Waals surface area contributed by atoms with E-state index in [2.05, 4.69) is 4.98 Å². The van der Waals surface area contributed by atoms with Gasteiger partial charge in [-0.05, 0) is 13.0 Å². The maximum Gasteiger partial charge on any atom is 0.417 e. The van der Waals surface area contributed by atoms with Crippen molar-refractivity contribution in [1.29, 1.82) is 0 Å². The van der Waals surface area contributed by atoms with E-state index in [1.807, 2.05) is 0 Å². The first-order valence-electron chi connectivity index (χ1n) is 4.57. The fourth-order valence-electron chi connectivity index (χ4n) is 1.39. The molecule has 0 aliphatic heterocycles. The quantitative estimate of drug-likeness (QED) is 0.733. The van der Waals surface area contributed by atoms with Crippen LogP contribution in [0.15, 0.2) is 29.6 Å². The van der Waals surface area contributed by atoms with Gasteiger partial charge in [-0.1, -0.05) is 18.2 Å². The van der Waals surface area contributed by atoms with Crippen molar-refractivity contribution in [2.45, 2.75) is 13.1 Å². The summed E-state index contributed by atoms with van der Waals surface area (Å²) < 4.78 is 38.2. The molecule has 1 aromatic carbocycles. The van der Waals surface area contributed by atoms with Gasteiger partial charge < -0.3 is 0 Å². The fourth-order valence-corrected chi connectivity index (χ4v) is 2.23. The summed E-state index contributed by atoms with van der Waals surface area (Å²) in [5.41, 5.74) is 0.245. The van der Waals surface area contributed by atoms with E-state index < -0.39 is 11.7 Å². The van der Waals surface area contributed by atoms with Crippen LogP contribution in [0.2, 0.25) is 0 Å². The predicted molar refractivity (Wildman–Crippen MR) is 57.3 cm³/mol. The average Bonchev–Trinajstić information content (AvgIpc) is 2.64. The molecule has 0 amide bonds. The van der Waals surface area contributed by atoms with Gasteiger partial charge in [-0.3, -0.25) is 0 Å². The zero-order valence-corrected chi connectivity index (χ0v) is 9.19. The second-order valence-corrected chi connectivity index (χ2v) is 4.20. The minimum absolute atomic E-state index is 0.146. The standard InChI is InChI=1S/C11H8F3NS/c1-7-6-16-10(15-7)8-4-2-3-5-9(8)11(12,13)14/h2-6H,1H3. The Balaban J connectivity index is 2.57. The molecule has 16 heavy (non-hydrogen) atoms. The van der Waals surface area contributed by atoms with Gasteiger partial charge in [0.1, 0.15) is 5.01 Å². The zero-order valence-electron chi connectivity index (χ0n) is 8.38. The molecule has 5 heteroatoms. The molecule has 0 atom stereocenters. The summed E-state index contributed by atoms with van der Waals surface area (Å²) >= 11 is 1.22. The van der Waals surface area contributed by atoms with E-state index in [-0.39, 0.29) is 5.56 Å². The molecule has 0 aliphatic carbocycles. The molecule has 1 nitrogen and oxygen atoms in total. The molecule has 0 unspecified atom stereocenters. The van der Waals surface area contributed by atoms with Crippen LogP contribution in [-0.2, 0) is 6.18 Å². The Kier molecular flexibility index (Phi) is 2.71. The SMILES string of the molecule is Cc1csc(-c2ccccc2C(F)(F)F)n1. The maximum atomic E-state index is 12.7. The van der Waals surface area contributed by atoms with Crippen molar-refractivity contribution in [3.8, 4) is 10.6 Å². The highest BCUT2D eigenvalue weighted by molar-refractivity contribution is 7.13. The lowest BCUT2D eigenvalue weighted by atomic mass is 10.1. The lowest BCUT2D eigenvalue weighted by Crippen LogP contribution is -2.06. The third-order valence-electron chi connectivity index (χ3n) is 2.08. The Morgan fingerprint density at radius 1 is 1.19 bits per heavy atom. The molecule has 0 saturated carbocycles. The summed E-state index contributed by atoms with van der Waals surface area (Å²) in [7, 11) is 0. The van der Waals surface area contributed by atoms with E-state index in [9.17, 15) is 13.2 Å². The van der Waals surface area contributed by atoms with Gasteiger partial charge in [0.15, 0.2) is 0 Å². The number of aromatic nitrogens is 1. The topological polar surface area (TPSA) is 12.9 Å². The van der Waals surface area contributed by atoms with Crippen LogP contribution in [0.5, 0.6) is 0 Å². The van der Waals surface area contributed by atoms with E-state index in [1.54, 1.807) is 18.4 Å². The molecule has 0 radical (unpaired) electrons. The van der Waals surface area contributed by atoms with E-state index >= 15 is 0 Å². The number of halogens is 3. The summed E-state index contributed by atoms with van der Waals surface area (Å²) in [6.45, 7) is 1.76. The number of hydrogen-bond acceptors (Lipinski definition) is 2. The largest absolute Gasteiger partial charge is 0.417 e. The van der Waals surface area contributed by atoms with E-state index in [1.165, 1.54) is 23.5 Å². The van der Waals surface area contributed by atoms with E-state index in [0.717, 1.165) is 11.8 Å². The van der Waals surface area contributed by atoms with Crippen molar-refractivity contribution in [1.82, 2.24) is 4.98 Å². The summed E-state index contributed by atoms with van der Waals surface area (Å²) in [6.07, 6.45) is -4.34. The van der Waals surface area contributed by atoms with E-state index in [0.29, 0.717) is 5.01 Å². The van der Waals surface area contributed by atoms with Gasteiger partial charge in [-0.15, -0.1) is 11.3 Å². The molecular weight excluding hydrogens is 235 g/mol. The van der Waals surface area contributed by atoms with Crippen molar-refractivity contribution >= 4 is 11.3 Å². The van der Waals surface area contributed by atoms with Gasteiger partial charge in [0.05, 0.1) is 5.56 Å². The predicted octanol–water partition coefficient (Wildman–Crippen LogP) is 4.14. The molecule has 0 bridgehead atoms. The first kappa shape index (κ1) is 11.1. The third-order valence-corrected chi connectivity index (χ3v) is 3.08. The van der Waals surface area contributed by atoms with E-state index in [4.69, 9.17) is 0 Å². The van der Waals surface area contributed by atoms with Gasteiger partial charge >= 0.3 is 6.18 Å². The smallest absolute Gasteiger partial charge is 0.241 e. The third kappa shape index (κ3) is 2.09. The molecular formula is C11H8F3NS. The lowest BCUT2D eigenvalue weighted by molar-refractivity contribution is -0.137. The van der Waals surface area contributed by atoms with Crippen LogP contribution < -0.4 is 0 Å². The molecule has 0 aliphatic rings. The molecule has 1 heterocycles. The number of alkyl halides is 3. The average molecular weight is 243 g/mol. The number of nitrogens with zero attached hydrogens (tertiary/aromatic N) is 1. The number of rotatable bonds is 1. The minimum atomic E-state index is -4.34. The summed E-state index contributed by atoms with van der Waals surface area (Å²) in [6, 6.07) is 5.49. The van der Waals surface area contributed by atoms with Gasteiger partial charge in [-0.25, -0.2) is 4.98 Å². The normalized spacial score (nSPS) is 11.8. The highest BCUT2D eigenvalue weighted by Crippen LogP contribution is 2.37. The minimum Gasteiger partial charge on any atom is -0.241 e. The second kappa shape index (κ2) is 3.90. The molecule has 2 rings (SSSR count). The first-order valence-corrected chi connectivity index (χ1v) is 5.45. The Bertz CT molecular complexity index is 502. The van der Waals surface area contributed by atoms with Gasteiger partial charge in [0.2, 0.25) is 0 Å². The van der Waals surface area contributed by atoms with Gasteiger partial charge in [0, 0.05) is 16.6 Å². The highest BCUT2D eigenvalue weighted by Gasteiger charge is 2.33. The summed E-state index contributed by atoms with van der Waals surface area (Å²) in [5.74, 6) is 0. The fraction of sp³-hybridized carbons (Fsp3) is 0.182. The maximum absolute atomic E-state index is 12.7. The lowest BCUT2D eigenvalue weighted by Gasteiger charge is -2.10. The molecule has 84 valence electrons. The number of hydrogen-bond donors (Lipinski definition) is 0. The van der Waals surface area contributed by atoms with Crippen LogP contribution in [0.1, 0.15) is 11.3 Å². The van der Waals surface area contributed by atoms with Crippen molar-refractivity contribution < 1.29 is 13.2 Å². The Hall–Kier alpha value is -1.36. The molecule has 0 saturated heterocycles. The van der Waals surface area contributed by atoms with Crippen LogP contribution in [0, 0.1) is 6.92 Å². The Morgan fingerprint density at radius 3 is 2.44 bits per heavy atom. The van der Waals surface area contributed by atoms with Crippen molar-refractivity contribution in [2.75, 3.05) is 0 Å². The molecule has 0 fully saturated rings. The number of aryl methyl sites for hydroxylation is 1. The molecule has 0 N–H and O–H groups in total. The Labute approximate surface area is 94.6 Å². The monoisotopic (exact) mass is 243 g/mol. The first-order chi connectivity index (χ1) is 7.48. The van der Waals surface area contributed by atoms with Crippen molar-refractivity contribution in [3.63, 3.8) is 0 Å². The Morgan fingerprint density at radius 2 is 1.88 bits per heavy atom. The van der Waals surface area contributed by atoms with Crippen LogP contribution >= 0.6 is 11.3 Å². The van der Waals surface area contributed by atoms with Gasteiger partial charge in [0.25, 0.3) is 0 Å².